The lowest BCUT2D eigenvalue weighted by molar-refractivity contribution is -0.137. The van der Waals surface area contributed by atoms with Gasteiger partial charge < -0.3 is 14.8 Å². The number of halogens is 4. The van der Waals surface area contributed by atoms with Crippen molar-refractivity contribution in [2.75, 3.05) is 31.8 Å². The molecule has 8 nitrogen and oxygen atoms in total. The summed E-state index contributed by atoms with van der Waals surface area (Å²) in [5.41, 5.74) is -0.780. The summed E-state index contributed by atoms with van der Waals surface area (Å²) in [6.07, 6.45) is -3.04. The molecule has 0 radical (unpaired) electrons. The van der Waals surface area contributed by atoms with Crippen molar-refractivity contribution in [3.63, 3.8) is 0 Å². The molecule has 1 aromatic carbocycles. The van der Waals surface area contributed by atoms with Crippen LogP contribution in [0.1, 0.15) is 5.56 Å². The van der Waals surface area contributed by atoms with Gasteiger partial charge in [-0.1, -0.05) is 11.6 Å². The number of ether oxygens (including phenoxy) is 2. The first kappa shape index (κ1) is 22.0. The van der Waals surface area contributed by atoms with E-state index in [1.54, 1.807) is 6.07 Å². The molecule has 0 saturated heterocycles. The maximum atomic E-state index is 12.7. The first-order valence-electron chi connectivity index (χ1n) is 7.62. The topological polar surface area (TPSA) is 102 Å². The molecule has 0 aliphatic heterocycles. The molecule has 2 rings (SSSR count). The fraction of sp³-hybridized carbons (Fsp3) is 0.333. The molecule has 0 spiro atoms. The Balaban J connectivity index is 2.09. The largest absolute Gasteiger partial charge is 0.494 e. The summed E-state index contributed by atoms with van der Waals surface area (Å²) >= 11 is 5.57. The summed E-state index contributed by atoms with van der Waals surface area (Å²) in [5.74, 6) is 0.541. The number of benzene rings is 1. The standard InChI is InChI=1S/C15H16ClF3N4O4S/c1-26-12-7-9(27-6-5-21-28(2,24)25)3-4-11(12)22-14-20-8-10(13(16)23-14)15(17,18)19/h3-4,7-8,21H,5-6H2,1-2H3,(H,20,22,23). The average molecular weight is 441 g/mol. The summed E-state index contributed by atoms with van der Waals surface area (Å²) in [6, 6.07) is 4.60. The van der Waals surface area contributed by atoms with Gasteiger partial charge in [-0.2, -0.15) is 13.2 Å². The van der Waals surface area contributed by atoms with Gasteiger partial charge in [-0.3, -0.25) is 0 Å². The number of hydrogen-bond donors (Lipinski definition) is 2. The van der Waals surface area contributed by atoms with Crippen LogP contribution < -0.4 is 19.5 Å². The molecule has 28 heavy (non-hydrogen) atoms. The van der Waals surface area contributed by atoms with E-state index in [4.69, 9.17) is 21.1 Å². The molecule has 0 amide bonds. The monoisotopic (exact) mass is 440 g/mol. The molecule has 0 aliphatic rings. The average Bonchev–Trinajstić information content (AvgIpc) is 2.58. The fourth-order valence-electron chi connectivity index (χ4n) is 1.99. The Morgan fingerprint density at radius 3 is 2.57 bits per heavy atom. The van der Waals surface area contributed by atoms with E-state index in [9.17, 15) is 21.6 Å². The van der Waals surface area contributed by atoms with Gasteiger partial charge in [0.2, 0.25) is 16.0 Å². The number of nitrogens with zero attached hydrogens (tertiary/aromatic N) is 2. The van der Waals surface area contributed by atoms with Crippen molar-refractivity contribution in [2.45, 2.75) is 6.18 Å². The number of nitrogens with one attached hydrogen (secondary N) is 2. The summed E-state index contributed by atoms with van der Waals surface area (Å²) < 4.78 is 73.0. The number of methoxy groups -OCH3 is 1. The van der Waals surface area contributed by atoms with E-state index < -0.39 is 26.9 Å². The van der Waals surface area contributed by atoms with E-state index in [1.165, 1.54) is 19.2 Å². The quantitative estimate of drug-likeness (QED) is 0.480. The highest BCUT2D eigenvalue weighted by Crippen LogP contribution is 2.35. The summed E-state index contributed by atoms with van der Waals surface area (Å²) in [6.45, 7) is 0.166. The van der Waals surface area contributed by atoms with Gasteiger partial charge in [0.05, 0.1) is 19.1 Å². The minimum atomic E-state index is -4.65. The first-order valence-corrected chi connectivity index (χ1v) is 9.89. The SMILES string of the molecule is COc1cc(OCCNS(C)(=O)=O)ccc1Nc1ncc(C(F)(F)F)c(Cl)n1. The Bertz CT molecular complexity index is 941. The molecule has 0 fully saturated rings. The number of hydrogen-bond acceptors (Lipinski definition) is 7. The predicted molar refractivity (Wildman–Crippen MR) is 96.7 cm³/mol. The normalized spacial score (nSPS) is 11.9. The molecule has 1 aromatic heterocycles. The predicted octanol–water partition coefficient (Wildman–Crippen LogP) is 2.83. The second kappa shape index (κ2) is 8.80. The van der Waals surface area contributed by atoms with Gasteiger partial charge in [-0.25, -0.2) is 23.1 Å². The van der Waals surface area contributed by atoms with Crippen molar-refractivity contribution in [1.82, 2.24) is 14.7 Å². The lowest BCUT2D eigenvalue weighted by Crippen LogP contribution is -2.26. The minimum Gasteiger partial charge on any atom is -0.494 e. The fourth-order valence-corrected chi connectivity index (χ4v) is 2.68. The van der Waals surface area contributed by atoms with Crippen LogP contribution in [0.15, 0.2) is 24.4 Å². The lowest BCUT2D eigenvalue weighted by atomic mass is 10.2. The molecular weight excluding hydrogens is 425 g/mol. The number of sulfonamides is 1. The highest BCUT2D eigenvalue weighted by atomic mass is 35.5. The van der Waals surface area contributed by atoms with Crippen molar-refractivity contribution in [3.8, 4) is 11.5 Å². The van der Waals surface area contributed by atoms with E-state index in [0.717, 1.165) is 6.26 Å². The van der Waals surface area contributed by atoms with Crippen LogP contribution in [0.25, 0.3) is 0 Å². The van der Waals surface area contributed by atoms with Gasteiger partial charge in [0.25, 0.3) is 0 Å². The van der Waals surface area contributed by atoms with E-state index in [0.29, 0.717) is 23.4 Å². The molecule has 0 saturated carbocycles. The van der Waals surface area contributed by atoms with Crippen LogP contribution in [0.3, 0.4) is 0 Å². The molecule has 0 unspecified atom stereocenters. The zero-order valence-corrected chi connectivity index (χ0v) is 16.2. The molecule has 2 aromatic rings. The van der Waals surface area contributed by atoms with Crippen molar-refractivity contribution in [1.29, 1.82) is 0 Å². The zero-order valence-electron chi connectivity index (χ0n) is 14.7. The van der Waals surface area contributed by atoms with Crippen LogP contribution in [-0.2, 0) is 16.2 Å². The molecule has 0 aliphatic carbocycles. The second-order valence-corrected chi connectivity index (χ2v) is 7.59. The Hall–Kier alpha value is -2.31. The Morgan fingerprint density at radius 1 is 1.29 bits per heavy atom. The molecule has 0 bridgehead atoms. The van der Waals surface area contributed by atoms with E-state index >= 15 is 0 Å². The van der Waals surface area contributed by atoms with Crippen LogP contribution in [0.5, 0.6) is 11.5 Å². The summed E-state index contributed by atoms with van der Waals surface area (Å²) in [7, 11) is -1.92. The molecular formula is C15H16ClF3N4O4S. The van der Waals surface area contributed by atoms with Gasteiger partial charge >= 0.3 is 6.18 Å². The van der Waals surface area contributed by atoms with Gasteiger partial charge in [-0.15, -0.1) is 0 Å². The van der Waals surface area contributed by atoms with Crippen molar-refractivity contribution in [3.05, 3.63) is 35.1 Å². The third-order valence-electron chi connectivity index (χ3n) is 3.20. The van der Waals surface area contributed by atoms with Crippen LogP contribution >= 0.6 is 11.6 Å². The highest BCUT2D eigenvalue weighted by molar-refractivity contribution is 7.88. The van der Waals surface area contributed by atoms with Crippen LogP contribution in [-0.4, -0.2) is 44.9 Å². The number of alkyl halides is 3. The van der Waals surface area contributed by atoms with Gasteiger partial charge in [-0.05, 0) is 12.1 Å². The van der Waals surface area contributed by atoms with Crippen LogP contribution in [0.2, 0.25) is 5.15 Å². The molecule has 1 heterocycles. The summed E-state index contributed by atoms with van der Waals surface area (Å²) in [5, 5.41) is 1.98. The molecule has 2 N–H and O–H groups in total. The molecule has 154 valence electrons. The maximum Gasteiger partial charge on any atom is 0.420 e. The molecule has 13 heteroatoms. The van der Waals surface area contributed by atoms with Crippen LogP contribution in [0.4, 0.5) is 24.8 Å². The van der Waals surface area contributed by atoms with E-state index in [-0.39, 0.29) is 19.1 Å². The van der Waals surface area contributed by atoms with Gasteiger partial charge in [0, 0.05) is 18.8 Å². The minimum absolute atomic E-state index is 0.0824. The first-order chi connectivity index (χ1) is 13.0. The van der Waals surface area contributed by atoms with E-state index in [1.807, 2.05) is 0 Å². The van der Waals surface area contributed by atoms with Crippen LogP contribution in [0, 0.1) is 0 Å². The maximum absolute atomic E-state index is 12.7. The lowest BCUT2D eigenvalue weighted by Gasteiger charge is -2.14. The number of anilines is 2. The zero-order chi connectivity index (χ0) is 20.9. The third-order valence-corrected chi connectivity index (χ3v) is 4.22. The molecule has 0 atom stereocenters. The third kappa shape index (κ3) is 6.39. The smallest absolute Gasteiger partial charge is 0.420 e. The Labute approximate surface area is 164 Å². The Morgan fingerprint density at radius 2 is 2.00 bits per heavy atom. The van der Waals surface area contributed by atoms with Crippen molar-refractivity contribution >= 4 is 33.3 Å². The van der Waals surface area contributed by atoms with Crippen molar-refractivity contribution in [2.24, 2.45) is 0 Å². The van der Waals surface area contributed by atoms with Gasteiger partial charge in [0.15, 0.2) is 0 Å². The number of aromatic nitrogens is 2. The Kier molecular flexibility index (Phi) is 6.91. The van der Waals surface area contributed by atoms with E-state index in [2.05, 4.69) is 20.0 Å². The second-order valence-electron chi connectivity index (χ2n) is 5.40. The van der Waals surface area contributed by atoms with Crippen molar-refractivity contribution < 1.29 is 31.1 Å². The highest BCUT2D eigenvalue weighted by Gasteiger charge is 2.34. The summed E-state index contributed by atoms with van der Waals surface area (Å²) in [4.78, 5) is 7.19. The van der Waals surface area contributed by atoms with Gasteiger partial charge in [0.1, 0.15) is 28.8 Å². The number of rotatable bonds is 8.